The average molecular weight is 547 g/mol. The first-order chi connectivity index (χ1) is 15.6. The Balaban J connectivity index is 1.80. The largest absolute Gasteiger partial charge is 0.490 e. The molecule has 2 aromatic rings. The standard InChI is InChI=1S/C11H16N7O13P3/c12-4-1-2-14-9-6(4)15-11(16-17-13)18(9)10-8(20)7(19)5(29-10)3-28-33(24,25)31-34(26,27)30-32(21,22)23/h1-2,5,7-8,10,19-20H,3H2,(H2,12,14)(H,24,25)(H,26,27)(H2,21,22,23). The third-order valence-corrected chi connectivity index (χ3v) is 7.94. The van der Waals surface area contributed by atoms with E-state index < -0.39 is 54.6 Å². The first-order valence-corrected chi connectivity index (χ1v) is 13.1. The number of phosphoric acid groups is 3. The molecule has 1 saturated heterocycles. The maximum atomic E-state index is 11.9. The number of aliphatic hydroxyl groups is 2. The molecule has 0 amide bonds. The van der Waals surface area contributed by atoms with Gasteiger partial charge >= 0.3 is 23.5 Å². The Bertz CT molecular complexity index is 1270. The molecule has 0 aromatic carbocycles. The summed E-state index contributed by atoms with van der Waals surface area (Å²) in [4.78, 5) is 46.4. The lowest BCUT2D eigenvalue weighted by molar-refractivity contribution is -0.0495. The van der Waals surface area contributed by atoms with Crippen molar-refractivity contribution in [1.82, 2.24) is 14.5 Å². The minimum Gasteiger partial charge on any atom is -0.397 e. The van der Waals surface area contributed by atoms with Gasteiger partial charge in [0.15, 0.2) is 11.9 Å². The predicted octanol–water partition coefficient (Wildman–Crippen LogP) is -0.0822. The Labute approximate surface area is 187 Å². The molecule has 1 fully saturated rings. The van der Waals surface area contributed by atoms with Gasteiger partial charge in [0.05, 0.1) is 12.3 Å². The quantitative estimate of drug-likeness (QED) is 0.0933. The number of aromatic nitrogens is 3. The Morgan fingerprint density at radius 3 is 2.47 bits per heavy atom. The number of hydrogen-bond donors (Lipinski definition) is 7. The zero-order chi connectivity index (χ0) is 25.5. The number of fused-ring (bicyclic) bond motifs is 1. The van der Waals surface area contributed by atoms with E-state index in [0.29, 0.717) is 0 Å². The van der Waals surface area contributed by atoms with E-state index in [2.05, 4.69) is 33.1 Å². The lowest BCUT2D eigenvalue weighted by Gasteiger charge is -2.19. The molecule has 0 bridgehead atoms. The highest BCUT2D eigenvalue weighted by atomic mass is 31.3. The second-order valence-electron chi connectivity index (χ2n) is 6.48. The Morgan fingerprint density at radius 1 is 1.18 bits per heavy atom. The molecule has 2 aromatic heterocycles. The maximum Gasteiger partial charge on any atom is 0.490 e. The van der Waals surface area contributed by atoms with Gasteiger partial charge in [0, 0.05) is 11.1 Å². The zero-order valence-corrected chi connectivity index (χ0v) is 19.0. The van der Waals surface area contributed by atoms with E-state index in [-0.39, 0.29) is 22.8 Å². The number of hydrogen-bond acceptors (Lipinski definition) is 13. The minimum absolute atomic E-state index is 0.00724. The second-order valence-corrected chi connectivity index (χ2v) is 10.9. The number of nitrogens with two attached hydrogens (primary N) is 1. The second kappa shape index (κ2) is 9.58. The van der Waals surface area contributed by atoms with E-state index in [4.69, 9.17) is 30.7 Å². The van der Waals surface area contributed by atoms with Crippen LogP contribution in [-0.2, 0) is 31.6 Å². The van der Waals surface area contributed by atoms with Gasteiger partial charge in [0.25, 0.3) is 0 Å². The summed E-state index contributed by atoms with van der Waals surface area (Å²) in [5, 5.41) is 24.1. The summed E-state index contributed by atoms with van der Waals surface area (Å²) in [5.74, 6) is -0.354. The number of anilines is 1. The molecule has 1 aliphatic heterocycles. The van der Waals surface area contributed by atoms with Gasteiger partial charge < -0.3 is 40.3 Å². The lowest BCUT2D eigenvalue weighted by Crippen LogP contribution is -2.33. The summed E-state index contributed by atoms with van der Waals surface area (Å²) in [5.41, 5.74) is 14.8. The van der Waals surface area contributed by atoms with Crippen molar-refractivity contribution in [3.8, 4) is 0 Å². The van der Waals surface area contributed by atoms with Gasteiger partial charge in [-0.2, -0.15) is 8.62 Å². The van der Waals surface area contributed by atoms with Crippen molar-refractivity contribution in [1.29, 1.82) is 0 Å². The number of nitrogen functional groups attached to an aromatic ring is 1. The SMILES string of the molecule is [N-]=[N+]=Nc1nc2c(N)ccnc2n1C1OC(COP(=O)(O)OP(=O)(O)OP(=O)(O)O)C(O)C1O. The first kappa shape index (κ1) is 26.6. The van der Waals surface area contributed by atoms with Crippen molar-refractivity contribution >= 4 is 46.3 Å². The van der Waals surface area contributed by atoms with E-state index in [1.54, 1.807) is 0 Å². The van der Waals surface area contributed by atoms with Crippen LogP contribution in [0.4, 0.5) is 11.6 Å². The molecule has 23 heteroatoms. The average Bonchev–Trinajstić information content (AvgIpc) is 3.16. The summed E-state index contributed by atoms with van der Waals surface area (Å²) in [6.45, 7) is -1.04. The molecule has 6 atom stereocenters. The summed E-state index contributed by atoms with van der Waals surface area (Å²) < 4.78 is 51.9. The van der Waals surface area contributed by atoms with Crippen molar-refractivity contribution < 1.29 is 61.4 Å². The third kappa shape index (κ3) is 5.98. The number of azide groups is 1. The Kier molecular flexibility index (Phi) is 7.50. The lowest BCUT2D eigenvalue weighted by atomic mass is 10.1. The molecule has 8 N–H and O–H groups in total. The number of rotatable bonds is 9. The molecular formula is C11H16N7O13P3. The summed E-state index contributed by atoms with van der Waals surface area (Å²) in [6, 6.07) is 1.39. The normalized spacial score (nSPS) is 26.6. The number of ether oxygens (including phenoxy) is 1. The molecule has 20 nitrogen and oxygen atoms in total. The summed E-state index contributed by atoms with van der Waals surface area (Å²) in [7, 11) is -16.9. The van der Waals surface area contributed by atoms with Gasteiger partial charge in [-0.1, -0.05) is 0 Å². The van der Waals surface area contributed by atoms with Crippen LogP contribution in [0.3, 0.4) is 0 Å². The predicted molar refractivity (Wildman–Crippen MR) is 106 cm³/mol. The van der Waals surface area contributed by atoms with E-state index in [1.807, 2.05) is 0 Å². The molecule has 0 radical (unpaired) electrons. The molecule has 1 aliphatic rings. The van der Waals surface area contributed by atoms with Crippen molar-refractivity contribution in [3.63, 3.8) is 0 Å². The number of aliphatic hydroxyl groups excluding tert-OH is 2. The number of phosphoric ester groups is 1. The molecule has 0 aliphatic carbocycles. The molecule has 0 spiro atoms. The number of nitrogens with zero attached hydrogens (tertiary/aromatic N) is 6. The maximum absolute atomic E-state index is 11.9. The number of imidazole rings is 1. The molecule has 3 heterocycles. The smallest absolute Gasteiger partial charge is 0.397 e. The molecular weight excluding hydrogens is 531 g/mol. The fourth-order valence-corrected chi connectivity index (χ4v) is 5.92. The van der Waals surface area contributed by atoms with Crippen LogP contribution in [0, 0.1) is 0 Å². The van der Waals surface area contributed by atoms with Crippen LogP contribution in [-0.4, -0.2) is 69.2 Å². The van der Waals surface area contributed by atoms with Crippen molar-refractivity contribution in [3.05, 3.63) is 22.7 Å². The topological polar surface area (TPSA) is 315 Å². The van der Waals surface area contributed by atoms with Crippen LogP contribution in [0.1, 0.15) is 6.23 Å². The van der Waals surface area contributed by atoms with E-state index in [1.165, 1.54) is 12.3 Å². The van der Waals surface area contributed by atoms with E-state index in [9.17, 15) is 28.8 Å². The van der Waals surface area contributed by atoms with Crippen LogP contribution >= 0.6 is 23.5 Å². The first-order valence-electron chi connectivity index (χ1n) is 8.61. The van der Waals surface area contributed by atoms with Gasteiger partial charge in [-0.15, -0.1) is 0 Å². The highest BCUT2D eigenvalue weighted by Crippen LogP contribution is 2.66. The Hall–Kier alpha value is -1.98. The van der Waals surface area contributed by atoms with E-state index >= 15 is 0 Å². The van der Waals surface area contributed by atoms with Gasteiger partial charge in [-0.05, 0) is 16.7 Å². The van der Waals surface area contributed by atoms with Crippen LogP contribution in [0.25, 0.3) is 21.6 Å². The van der Waals surface area contributed by atoms with Crippen LogP contribution < -0.4 is 5.73 Å². The molecule has 6 unspecified atom stereocenters. The number of pyridine rings is 1. The monoisotopic (exact) mass is 547 g/mol. The van der Waals surface area contributed by atoms with Crippen LogP contribution in [0.2, 0.25) is 0 Å². The zero-order valence-electron chi connectivity index (χ0n) is 16.3. The highest BCUT2D eigenvalue weighted by molar-refractivity contribution is 7.66. The van der Waals surface area contributed by atoms with E-state index in [0.717, 1.165) is 4.57 Å². The molecule has 34 heavy (non-hydrogen) atoms. The van der Waals surface area contributed by atoms with Crippen LogP contribution in [0.5, 0.6) is 0 Å². The Morgan fingerprint density at radius 2 is 1.85 bits per heavy atom. The third-order valence-electron chi connectivity index (χ3n) is 4.14. The van der Waals surface area contributed by atoms with Crippen molar-refractivity contribution in [2.75, 3.05) is 12.3 Å². The van der Waals surface area contributed by atoms with Crippen molar-refractivity contribution in [2.24, 2.45) is 5.11 Å². The highest BCUT2D eigenvalue weighted by Gasteiger charge is 2.47. The fraction of sp³-hybridized carbons (Fsp3) is 0.455. The fourth-order valence-electron chi connectivity index (χ4n) is 2.89. The molecule has 188 valence electrons. The van der Waals surface area contributed by atoms with Gasteiger partial charge in [0.2, 0.25) is 5.95 Å². The molecule has 3 rings (SSSR count). The minimum atomic E-state index is -5.76. The van der Waals surface area contributed by atoms with Crippen molar-refractivity contribution in [2.45, 2.75) is 24.5 Å². The van der Waals surface area contributed by atoms with Gasteiger partial charge in [-0.25, -0.2) is 23.7 Å². The summed E-state index contributed by atoms with van der Waals surface area (Å²) >= 11 is 0. The van der Waals surface area contributed by atoms with Gasteiger partial charge in [-0.3, -0.25) is 9.09 Å². The van der Waals surface area contributed by atoms with Crippen LogP contribution in [0.15, 0.2) is 17.4 Å². The summed E-state index contributed by atoms with van der Waals surface area (Å²) in [6.07, 6.45) is -5.38. The molecule has 0 saturated carbocycles. The van der Waals surface area contributed by atoms with Gasteiger partial charge in [0.1, 0.15) is 23.8 Å².